The van der Waals surface area contributed by atoms with Crippen LogP contribution in [0.3, 0.4) is 0 Å². The van der Waals surface area contributed by atoms with Gasteiger partial charge >= 0.3 is 0 Å². The summed E-state index contributed by atoms with van der Waals surface area (Å²) in [7, 11) is 1.61. The number of fused-ring (bicyclic) bond motifs is 1. The minimum atomic E-state index is -0.224. The lowest BCUT2D eigenvalue weighted by Crippen LogP contribution is -2.13. The Hall–Kier alpha value is -3.08. The summed E-state index contributed by atoms with van der Waals surface area (Å²) in [6, 6.07) is 12.5. The zero-order valence-electron chi connectivity index (χ0n) is 13.8. The second-order valence-corrected chi connectivity index (χ2v) is 5.62. The van der Waals surface area contributed by atoms with Crippen LogP contribution in [-0.2, 0) is 0 Å². The topological polar surface area (TPSA) is 71.2 Å². The molecule has 0 aliphatic heterocycles. The molecule has 1 amide bonds. The van der Waals surface area contributed by atoms with Crippen molar-refractivity contribution in [3.05, 3.63) is 59.3 Å². The summed E-state index contributed by atoms with van der Waals surface area (Å²) in [5.41, 5.74) is 3.49. The maximum atomic E-state index is 12.5. The Morgan fingerprint density at radius 2 is 1.79 bits per heavy atom. The first-order valence-electron chi connectivity index (χ1n) is 7.58. The van der Waals surface area contributed by atoms with Crippen LogP contribution in [0.25, 0.3) is 10.9 Å². The first-order valence-corrected chi connectivity index (χ1v) is 7.58. The Kier molecular flexibility index (Phi) is 4.08. The number of Topliss-reactive ketones (excluding diaryl/α,β-unsaturated/α-hetero) is 1. The molecule has 0 saturated heterocycles. The molecule has 2 aromatic carbocycles. The van der Waals surface area contributed by atoms with Crippen molar-refractivity contribution in [2.45, 2.75) is 13.8 Å². The third-order valence-electron chi connectivity index (χ3n) is 4.04. The highest BCUT2D eigenvalue weighted by atomic mass is 16.5. The van der Waals surface area contributed by atoms with E-state index in [1.807, 2.05) is 25.1 Å². The van der Waals surface area contributed by atoms with Gasteiger partial charge in [0.15, 0.2) is 5.78 Å². The van der Waals surface area contributed by atoms with Crippen LogP contribution < -0.4 is 10.1 Å². The van der Waals surface area contributed by atoms with Gasteiger partial charge in [0.25, 0.3) is 5.91 Å². The minimum absolute atomic E-state index is 0.00622. The van der Waals surface area contributed by atoms with Crippen LogP contribution in [0.15, 0.2) is 42.5 Å². The smallest absolute Gasteiger partial charge is 0.272 e. The van der Waals surface area contributed by atoms with Gasteiger partial charge in [-0.25, -0.2) is 0 Å². The Balaban J connectivity index is 1.88. The highest BCUT2D eigenvalue weighted by Crippen LogP contribution is 2.26. The van der Waals surface area contributed by atoms with E-state index in [4.69, 9.17) is 4.74 Å². The number of hydrogen-bond acceptors (Lipinski definition) is 3. The van der Waals surface area contributed by atoms with E-state index in [-0.39, 0.29) is 11.7 Å². The molecule has 3 aromatic rings. The number of benzene rings is 2. The van der Waals surface area contributed by atoms with E-state index in [1.54, 1.807) is 31.4 Å². The molecule has 0 fully saturated rings. The van der Waals surface area contributed by atoms with Gasteiger partial charge in [0.2, 0.25) is 0 Å². The van der Waals surface area contributed by atoms with E-state index < -0.39 is 0 Å². The summed E-state index contributed by atoms with van der Waals surface area (Å²) in [6.45, 7) is 3.41. The number of anilines is 1. The second-order valence-electron chi connectivity index (χ2n) is 5.62. The first-order chi connectivity index (χ1) is 11.5. The number of carbonyl (C=O) groups is 2. The van der Waals surface area contributed by atoms with Crippen molar-refractivity contribution in [2.75, 3.05) is 12.4 Å². The lowest BCUT2D eigenvalue weighted by atomic mass is 10.1. The molecule has 0 radical (unpaired) electrons. The zero-order chi connectivity index (χ0) is 17.3. The van der Waals surface area contributed by atoms with E-state index in [9.17, 15) is 9.59 Å². The molecular formula is C19H18N2O3. The lowest BCUT2D eigenvalue weighted by molar-refractivity contribution is 0.101. The van der Waals surface area contributed by atoms with Crippen LogP contribution in [0, 0.1) is 6.92 Å². The van der Waals surface area contributed by atoms with Crippen LogP contribution in [0.1, 0.15) is 33.3 Å². The number of amides is 1. The molecule has 2 N–H and O–H groups in total. The van der Waals surface area contributed by atoms with E-state index in [1.165, 1.54) is 6.92 Å². The second kappa shape index (κ2) is 6.20. The van der Waals surface area contributed by atoms with Gasteiger partial charge in [-0.15, -0.1) is 0 Å². The van der Waals surface area contributed by atoms with Crippen molar-refractivity contribution >= 4 is 28.3 Å². The number of nitrogens with one attached hydrogen (secondary N) is 2. The molecule has 0 atom stereocenters. The Labute approximate surface area is 139 Å². The van der Waals surface area contributed by atoms with Gasteiger partial charge in [0, 0.05) is 28.2 Å². The molecule has 1 heterocycles. The molecule has 0 spiro atoms. The van der Waals surface area contributed by atoms with Crippen molar-refractivity contribution < 1.29 is 14.3 Å². The molecule has 3 rings (SSSR count). The number of aryl methyl sites for hydroxylation is 1. The maximum Gasteiger partial charge on any atom is 0.272 e. The number of ketones is 1. The van der Waals surface area contributed by atoms with Crippen molar-refractivity contribution in [3.8, 4) is 5.75 Å². The van der Waals surface area contributed by atoms with Crippen LogP contribution >= 0.6 is 0 Å². The van der Waals surface area contributed by atoms with Gasteiger partial charge in [0.05, 0.1) is 7.11 Å². The molecule has 5 heteroatoms. The van der Waals surface area contributed by atoms with E-state index in [0.717, 1.165) is 22.2 Å². The van der Waals surface area contributed by atoms with E-state index in [0.29, 0.717) is 16.9 Å². The fraction of sp³-hybridized carbons (Fsp3) is 0.158. The standard InChI is InChI=1S/C19H18N2O3/c1-11-16-9-8-15(24-3)10-17(16)21-18(11)19(23)20-14-6-4-13(5-7-14)12(2)22/h4-10,21H,1-3H3,(H,20,23). The van der Waals surface area contributed by atoms with Crippen molar-refractivity contribution in [3.63, 3.8) is 0 Å². The Morgan fingerprint density at radius 1 is 1.08 bits per heavy atom. The summed E-state index contributed by atoms with van der Waals surface area (Å²) >= 11 is 0. The number of carbonyl (C=O) groups excluding carboxylic acids is 2. The number of rotatable bonds is 4. The molecule has 0 unspecified atom stereocenters. The third-order valence-corrected chi connectivity index (χ3v) is 4.04. The highest BCUT2D eigenvalue weighted by Gasteiger charge is 2.15. The molecule has 0 aliphatic rings. The summed E-state index contributed by atoms with van der Waals surface area (Å²) in [5, 5.41) is 3.82. The highest BCUT2D eigenvalue weighted by molar-refractivity contribution is 6.08. The number of aromatic nitrogens is 1. The average Bonchev–Trinajstić information content (AvgIpc) is 2.91. The quantitative estimate of drug-likeness (QED) is 0.715. The van der Waals surface area contributed by atoms with E-state index in [2.05, 4.69) is 10.3 Å². The number of methoxy groups -OCH3 is 1. The van der Waals surface area contributed by atoms with Crippen molar-refractivity contribution in [2.24, 2.45) is 0 Å². The van der Waals surface area contributed by atoms with Gasteiger partial charge in [-0.3, -0.25) is 9.59 Å². The minimum Gasteiger partial charge on any atom is -0.497 e. The van der Waals surface area contributed by atoms with Gasteiger partial charge < -0.3 is 15.0 Å². The summed E-state index contributed by atoms with van der Waals surface area (Å²) in [5.74, 6) is 0.502. The zero-order valence-corrected chi connectivity index (χ0v) is 13.8. The maximum absolute atomic E-state index is 12.5. The van der Waals surface area contributed by atoms with Gasteiger partial charge in [0.1, 0.15) is 11.4 Å². The molecule has 0 aliphatic carbocycles. The number of ether oxygens (including phenoxy) is 1. The molecule has 0 bridgehead atoms. The fourth-order valence-corrected chi connectivity index (χ4v) is 2.65. The van der Waals surface area contributed by atoms with Crippen molar-refractivity contribution in [1.82, 2.24) is 4.98 Å². The summed E-state index contributed by atoms with van der Waals surface area (Å²) < 4.78 is 5.21. The number of hydrogen-bond donors (Lipinski definition) is 2. The SMILES string of the molecule is COc1ccc2c(C)c(C(=O)Nc3ccc(C(C)=O)cc3)[nH]c2c1. The summed E-state index contributed by atoms with van der Waals surface area (Å²) in [6.07, 6.45) is 0. The Bertz CT molecular complexity index is 924. The fourth-order valence-electron chi connectivity index (χ4n) is 2.65. The molecule has 5 nitrogen and oxygen atoms in total. The van der Waals surface area contributed by atoms with Crippen molar-refractivity contribution in [1.29, 1.82) is 0 Å². The number of H-pyrrole nitrogens is 1. The molecule has 0 saturated carbocycles. The Morgan fingerprint density at radius 3 is 2.42 bits per heavy atom. The number of aromatic amines is 1. The van der Waals surface area contributed by atoms with Gasteiger partial charge in [-0.1, -0.05) is 0 Å². The van der Waals surface area contributed by atoms with Gasteiger partial charge in [-0.05, 0) is 55.8 Å². The van der Waals surface area contributed by atoms with Crippen LogP contribution in [-0.4, -0.2) is 23.8 Å². The van der Waals surface area contributed by atoms with E-state index >= 15 is 0 Å². The third kappa shape index (κ3) is 2.88. The summed E-state index contributed by atoms with van der Waals surface area (Å²) in [4.78, 5) is 27.0. The van der Waals surface area contributed by atoms with Gasteiger partial charge in [-0.2, -0.15) is 0 Å². The molecule has 24 heavy (non-hydrogen) atoms. The lowest BCUT2D eigenvalue weighted by Gasteiger charge is -2.05. The molecular weight excluding hydrogens is 304 g/mol. The van der Waals surface area contributed by atoms with Crippen LogP contribution in [0.2, 0.25) is 0 Å². The molecule has 1 aromatic heterocycles. The van der Waals surface area contributed by atoms with Crippen LogP contribution in [0.4, 0.5) is 5.69 Å². The monoisotopic (exact) mass is 322 g/mol. The normalized spacial score (nSPS) is 10.6. The molecule has 122 valence electrons. The van der Waals surface area contributed by atoms with Crippen LogP contribution in [0.5, 0.6) is 5.75 Å². The predicted octanol–water partition coefficient (Wildman–Crippen LogP) is 3.94. The first kappa shape index (κ1) is 15.8. The average molecular weight is 322 g/mol. The predicted molar refractivity (Wildman–Crippen MR) is 94.0 cm³/mol. The largest absolute Gasteiger partial charge is 0.497 e.